The number of thiophene rings is 1. The van der Waals surface area contributed by atoms with Crippen LogP contribution in [0.25, 0.3) is 21.6 Å². The van der Waals surface area contributed by atoms with Gasteiger partial charge in [-0.2, -0.15) is 18.4 Å². The van der Waals surface area contributed by atoms with Crippen molar-refractivity contribution in [3.8, 4) is 33.4 Å². The van der Waals surface area contributed by atoms with Crippen LogP contribution < -0.4 is 4.74 Å². The Balaban J connectivity index is 0.000000238. The molecule has 7 nitrogen and oxygen atoms in total. The van der Waals surface area contributed by atoms with Gasteiger partial charge in [0, 0.05) is 20.4 Å². The zero-order valence-corrected chi connectivity index (χ0v) is 24.5. The topological polar surface area (TPSA) is 125 Å². The largest absolute Gasteiger partial charge is 0.481 e. The second kappa shape index (κ2) is 14.7. The van der Waals surface area contributed by atoms with Crippen molar-refractivity contribution in [2.45, 2.75) is 18.0 Å². The van der Waals surface area contributed by atoms with E-state index in [1.165, 1.54) is 30.8 Å². The van der Waals surface area contributed by atoms with Gasteiger partial charge in [-0.15, -0.1) is 23.1 Å². The minimum atomic E-state index is -4.54. The highest BCUT2D eigenvalue weighted by Crippen LogP contribution is 2.40. The zero-order chi connectivity index (χ0) is 31.7. The molecule has 1 heterocycles. The zero-order valence-electron chi connectivity index (χ0n) is 22.1. The first-order valence-electron chi connectivity index (χ1n) is 12.1. The minimum Gasteiger partial charge on any atom is -0.481 e. The number of carbonyl (C=O) groups is 3. The molecule has 13 heteroatoms. The molecule has 4 rings (SSSR count). The number of rotatable bonds is 9. The number of carbonyl (C=O) groups excluding carboxylic acids is 1. The molecule has 0 spiro atoms. The van der Waals surface area contributed by atoms with Crippen LogP contribution in [0.2, 0.25) is 5.02 Å². The normalized spacial score (nSPS) is 10.7. The average Bonchev–Trinajstić information content (AvgIpc) is 3.46. The summed E-state index contributed by atoms with van der Waals surface area (Å²) in [4.78, 5) is 34.2. The molecule has 0 unspecified atom stereocenters. The molecule has 0 fully saturated rings. The molecule has 0 amide bonds. The fraction of sp³-hybridized carbons (Fsp3) is 0.133. The van der Waals surface area contributed by atoms with Crippen molar-refractivity contribution in [2.75, 3.05) is 12.4 Å². The lowest BCUT2D eigenvalue weighted by Crippen LogP contribution is -2.11. The summed E-state index contributed by atoms with van der Waals surface area (Å²) in [5.74, 6) is -2.33. The molecule has 2 N–H and O–H groups in total. The maximum atomic E-state index is 12.9. The number of carboxylic acid groups (broad SMARTS) is 2. The van der Waals surface area contributed by atoms with Crippen LogP contribution in [-0.4, -0.2) is 40.3 Å². The Morgan fingerprint density at radius 1 is 0.977 bits per heavy atom. The molecule has 1 aromatic heterocycles. The highest BCUT2D eigenvalue weighted by Gasteiger charge is 2.31. The van der Waals surface area contributed by atoms with Gasteiger partial charge in [0.15, 0.2) is 12.4 Å². The molecule has 3 aromatic carbocycles. The molecule has 0 saturated carbocycles. The Morgan fingerprint density at radius 3 is 2.33 bits per heavy atom. The van der Waals surface area contributed by atoms with E-state index in [-0.39, 0.29) is 22.8 Å². The van der Waals surface area contributed by atoms with Crippen molar-refractivity contribution in [1.82, 2.24) is 0 Å². The number of ketones is 1. The predicted molar refractivity (Wildman–Crippen MR) is 158 cm³/mol. The molecule has 0 radical (unpaired) electrons. The van der Waals surface area contributed by atoms with E-state index in [1.54, 1.807) is 36.4 Å². The average molecular weight is 648 g/mol. The number of aliphatic carboxylic acids is 2. The van der Waals surface area contributed by atoms with Gasteiger partial charge in [-0.1, -0.05) is 23.7 Å². The maximum absolute atomic E-state index is 12.9. The van der Waals surface area contributed by atoms with Crippen molar-refractivity contribution in [3.05, 3.63) is 93.8 Å². The van der Waals surface area contributed by atoms with E-state index in [0.717, 1.165) is 45.6 Å². The second-order valence-corrected chi connectivity index (χ2v) is 11.2. The summed E-state index contributed by atoms with van der Waals surface area (Å²) in [6.07, 6.45) is -4.54. The number of benzene rings is 3. The minimum absolute atomic E-state index is 0.0114. The lowest BCUT2D eigenvalue weighted by atomic mass is 10.0. The van der Waals surface area contributed by atoms with Crippen molar-refractivity contribution >= 4 is 52.4 Å². The first-order chi connectivity index (χ1) is 20.3. The number of ether oxygens (including phenoxy) is 1. The van der Waals surface area contributed by atoms with E-state index in [9.17, 15) is 27.6 Å². The molecule has 0 saturated heterocycles. The summed E-state index contributed by atoms with van der Waals surface area (Å²) in [5, 5.41) is 27.0. The first-order valence-corrected chi connectivity index (χ1v) is 14.3. The third kappa shape index (κ3) is 9.61. The van der Waals surface area contributed by atoms with Crippen LogP contribution in [-0.2, 0) is 15.8 Å². The highest BCUT2D eigenvalue weighted by molar-refractivity contribution is 8.00. The van der Waals surface area contributed by atoms with Crippen LogP contribution >= 0.6 is 34.7 Å². The van der Waals surface area contributed by atoms with Gasteiger partial charge >= 0.3 is 18.1 Å². The standard InChI is InChI=1S/C15H10ClNO2S.C15H11F3O4S/c16-12-4-5-14(20-9-15(18)19)13(7-12)11-3-1-2-10(6-11)8-17;1-8(19)12-4-5-13(23-12)10-6-9(15(16,17)18)2-3-11(10)22-7-14(20)21/h1-7H,9H2,(H,18,19);2-6H,7H2,1H3,(H,20,21). The Labute approximate surface area is 257 Å². The van der Waals surface area contributed by atoms with Crippen molar-refractivity contribution < 1.29 is 42.5 Å². The molecule has 0 atom stereocenters. The van der Waals surface area contributed by atoms with Crippen LogP contribution in [0.15, 0.2) is 77.7 Å². The molecular formula is C30H21ClF3NO6S2. The molecule has 4 aromatic rings. The number of nitriles is 1. The van der Waals surface area contributed by atoms with Crippen LogP contribution in [0.1, 0.15) is 27.7 Å². The third-order valence-corrected chi connectivity index (χ3v) is 7.98. The maximum Gasteiger partial charge on any atom is 0.416 e. The Morgan fingerprint density at radius 2 is 1.72 bits per heavy atom. The SMILES string of the molecule is CC(=O)c1ccc(-c2cc(C(F)(F)F)ccc2OCC(=O)O)s1.N#Cc1cccc(-c2cc(Cl)ccc2SCC(=O)O)c1. The summed E-state index contributed by atoms with van der Waals surface area (Å²) in [7, 11) is 0. The Hall–Kier alpha value is -4.31. The smallest absolute Gasteiger partial charge is 0.416 e. The van der Waals surface area contributed by atoms with E-state index in [2.05, 4.69) is 6.07 Å². The van der Waals surface area contributed by atoms with Gasteiger partial charge in [0.25, 0.3) is 0 Å². The van der Waals surface area contributed by atoms with E-state index in [0.29, 0.717) is 20.3 Å². The van der Waals surface area contributed by atoms with Gasteiger partial charge in [-0.05, 0) is 78.7 Å². The molecule has 0 aliphatic carbocycles. The van der Waals surface area contributed by atoms with E-state index in [1.807, 2.05) is 6.07 Å². The number of thioether (sulfide) groups is 1. The number of hydrogen-bond acceptors (Lipinski definition) is 7. The first kappa shape index (κ1) is 33.2. The van der Waals surface area contributed by atoms with E-state index >= 15 is 0 Å². The summed E-state index contributed by atoms with van der Waals surface area (Å²) >= 11 is 8.26. The van der Waals surface area contributed by atoms with Gasteiger partial charge in [0.05, 0.1) is 27.8 Å². The van der Waals surface area contributed by atoms with Crippen molar-refractivity contribution in [2.24, 2.45) is 0 Å². The van der Waals surface area contributed by atoms with Gasteiger partial charge in [-0.3, -0.25) is 9.59 Å². The fourth-order valence-electron chi connectivity index (χ4n) is 3.59. The van der Waals surface area contributed by atoms with E-state index in [4.69, 9.17) is 31.8 Å². The van der Waals surface area contributed by atoms with Crippen molar-refractivity contribution in [3.63, 3.8) is 0 Å². The van der Waals surface area contributed by atoms with Gasteiger partial charge in [-0.25, -0.2) is 4.79 Å². The molecule has 222 valence electrons. The summed E-state index contributed by atoms with van der Waals surface area (Å²) in [5.41, 5.74) is 1.45. The quantitative estimate of drug-likeness (QED) is 0.138. The number of halogens is 4. The molecule has 0 bridgehead atoms. The summed E-state index contributed by atoms with van der Waals surface area (Å²) in [6, 6.07) is 20.3. The molecule has 0 aliphatic heterocycles. The number of hydrogen-bond donors (Lipinski definition) is 2. The third-order valence-electron chi connectivity index (χ3n) is 5.47. The monoisotopic (exact) mass is 647 g/mol. The molecule has 0 aliphatic rings. The lowest BCUT2D eigenvalue weighted by molar-refractivity contribution is -0.140. The van der Waals surface area contributed by atoms with Crippen LogP contribution in [0.4, 0.5) is 13.2 Å². The predicted octanol–water partition coefficient (Wildman–Crippen LogP) is 8.16. The van der Waals surface area contributed by atoms with Crippen LogP contribution in [0, 0.1) is 11.3 Å². The summed E-state index contributed by atoms with van der Waals surface area (Å²) < 4.78 is 43.7. The number of Topliss-reactive ketones (excluding diaryl/α,β-unsaturated/α-hetero) is 1. The fourth-order valence-corrected chi connectivity index (χ4v) is 5.46. The van der Waals surface area contributed by atoms with Gasteiger partial charge in [0.2, 0.25) is 0 Å². The van der Waals surface area contributed by atoms with Crippen LogP contribution in [0.3, 0.4) is 0 Å². The Bertz CT molecular complexity index is 1700. The highest BCUT2D eigenvalue weighted by atomic mass is 35.5. The van der Waals surface area contributed by atoms with Crippen molar-refractivity contribution in [1.29, 1.82) is 5.26 Å². The summed E-state index contributed by atoms with van der Waals surface area (Å²) in [6.45, 7) is 0.674. The lowest BCUT2D eigenvalue weighted by Gasteiger charge is -2.13. The van der Waals surface area contributed by atoms with E-state index < -0.39 is 30.3 Å². The number of carboxylic acids is 2. The van der Waals surface area contributed by atoms with Crippen LogP contribution in [0.5, 0.6) is 5.75 Å². The molecular weight excluding hydrogens is 627 g/mol. The van der Waals surface area contributed by atoms with Gasteiger partial charge in [0.1, 0.15) is 5.75 Å². The number of alkyl halides is 3. The Kier molecular flexibility index (Phi) is 11.4. The van der Waals surface area contributed by atoms with Gasteiger partial charge < -0.3 is 14.9 Å². The molecule has 43 heavy (non-hydrogen) atoms. The number of nitrogens with zero attached hydrogens (tertiary/aromatic N) is 1. The second-order valence-electron chi connectivity index (χ2n) is 8.63.